The van der Waals surface area contributed by atoms with Crippen LogP contribution in [0, 0.1) is 5.82 Å². The molecule has 8 nitrogen and oxygen atoms in total. The Morgan fingerprint density at radius 2 is 1.75 bits per heavy atom. The fourth-order valence-electron chi connectivity index (χ4n) is 6.51. The van der Waals surface area contributed by atoms with Gasteiger partial charge in [-0.3, -0.25) is 14.6 Å². The molecule has 6 rings (SSSR count). The molecule has 2 aliphatic carbocycles. The van der Waals surface area contributed by atoms with E-state index in [-0.39, 0.29) is 23.2 Å². The van der Waals surface area contributed by atoms with Crippen molar-refractivity contribution in [2.45, 2.75) is 63.3 Å². The number of pyridine rings is 1. The van der Waals surface area contributed by atoms with Gasteiger partial charge in [-0.2, -0.15) is 0 Å². The molecule has 0 aliphatic heterocycles. The predicted octanol–water partition coefficient (Wildman–Crippen LogP) is 6.82. The number of nitrogens with zero attached hydrogens (tertiary/aromatic N) is 2. The van der Waals surface area contributed by atoms with Crippen molar-refractivity contribution in [2.75, 3.05) is 5.32 Å². The van der Waals surface area contributed by atoms with E-state index in [4.69, 9.17) is 5.11 Å². The first-order valence-corrected chi connectivity index (χ1v) is 15.0. The number of aryl methyl sites for hydroxylation is 1. The Bertz CT molecular complexity index is 1780. The highest BCUT2D eigenvalue weighted by Gasteiger charge is 2.45. The van der Waals surface area contributed by atoms with Gasteiger partial charge in [-0.25, -0.2) is 9.18 Å². The Kier molecular flexibility index (Phi) is 7.80. The number of hydrogen-bond donors (Lipinski definition) is 3. The number of hydrogen-bond acceptors (Lipinski definition) is 4. The molecule has 4 aromatic rings. The van der Waals surface area contributed by atoms with Crippen molar-refractivity contribution in [1.82, 2.24) is 14.9 Å². The Balaban J connectivity index is 1.25. The minimum atomic E-state index is -1.02. The number of fused-ring (bicyclic) bond motifs is 1. The van der Waals surface area contributed by atoms with Crippen LogP contribution in [-0.2, 0) is 16.6 Å². The lowest BCUT2D eigenvalue weighted by Crippen LogP contribution is -2.61. The molecule has 0 spiro atoms. The summed E-state index contributed by atoms with van der Waals surface area (Å²) in [6.07, 6.45) is 9.15. The van der Waals surface area contributed by atoms with Crippen molar-refractivity contribution < 1.29 is 23.9 Å². The first-order chi connectivity index (χ1) is 21.1. The molecule has 2 saturated carbocycles. The number of amides is 2. The highest BCUT2D eigenvalue weighted by molar-refractivity contribution is 6.06. The van der Waals surface area contributed by atoms with Crippen LogP contribution < -0.4 is 10.6 Å². The van der Waals surface area contributed by atoms with Gasteiger partial charge in [0.25, 0.3) is 5.91 Å². The van der Waals surface area contributed by atoms with E-state index in [1.807, 2.05) is 29.8 Å². The van der Waals surface area contributed by atoms with Crippen molar-refractivity contribution in [3.63, 3.8) is 0 Å². The molecule has 2 aromatic heterocycles. The molecule has 44 heavy (non-hydrogen) atoms. The van der Waals surface area contributed by atoms with Crippen LogP contribution in [-0.4, -0.2) is 38.0 Å². The summed E-state index contributed by atoms with van der Waals surface area (Å²) in [4.78, 5) is 42.5. The van der Waals surface area contributed by atoms with Crippen LogP contribution >= 0.6 is 0 Å². The zero-order chi connectivity index (χ0) is 31.0. The molecule has 2 heterocycles. The number of aliphatic carboxylic acids is 1. The number of carbonyl (C=O) groups is 3. The number of carboxylic acids is 1. The summed E-state index contributed by atoms with van der Waals surface area (Å²) in [5.74, 6) is -1.61. The first-order valence-electron chi connectivity index (χ1n) is 15.0. The monoisotopic (exact) mass is 594 g/mol. The van der Waals surface area contributed by atoms with E-state index in [0.29, 0.717) is 41.3 Å². The molecule has 2 aliphatic rings. The Hall–Kier alpha value is -4.79. The molecule has 0 atom stereocenters. The number of rotatable bonds is 8. The van der Waals surface area contributed by atoms with Crippen LogP contribution in [0.5, 0.6) is 0 Å². The summed E-state index contributed by atoms with van der Waals surface area (Å²) in [5, 5.41) is 16.1. The zero-order valence-electron chi connectivity index (χ0n) is 24.8. The van der Waals surface area contributed by atoms with Gasteiger partial charge >= 0.3 is 5.97 Å². The lowest BCUT2D eigenvalue weighted by Gasteiger charge is -2.40. The summed E-state index contributed by atoms with van der Waals surface area (Å²) in [6, 6.07) is 15.7. The molecule has 2 aromatic carbocycles. The summed E-state index contributed by atoms with van der Waals surface area (Å²) in [6.45, 7) is 1.52. The van der Waals surface area contributed by atoms with E-state index in [9.17, 15) is 18.8 Å². The van der Waals surface area contributed by atoms with Crippen LogP contribution in [0.2, 0.25) is 0 Å². The van der Waals surface area contributed by atoms with Crippen molar-refractivity contribution in [2.24, 2.45) is 7.05 Å². The average Bonchev–Trinajstić information content (AvgIpc) is 3.62. The first kappa shape index (κ1) is 29.3. The maximum absolute atomic E-state index is 13.7. The normalized spacial score (nSPS) is 16.5. The molecule has 2 fully saturated rings. The molecule has 9 heteroatoms. The Morgan fingerprint density at radius 1 is 1.02 bits per heavy atom. The van der Waals surface area contributed by atoms with E-state index < -0.39 is 11.5 Å². The third-order valence-electron chi connectivity index (χ3n) is 9.12. The molecule has 0 bridgehead atoms. The van der Waals surface area contributed by atoms with Crippen LogP contribution in [0.1, 0.15) is 79.3 Å². The van der Waals surface area contributed by atoms with Gasteiger partial charge in [-0.05, 0) is 98.5 Å². The molecule has 2 amide bonds. The number of nitrogens with one attached hydrogen (secondary N) is 2. The molecule has 0 saturated heterocycles. The predicted molar refractivity (Wildman–Crippen MR) is 168 cm³/mol. The van der Waals surface area contributed by atoms with Crippen molar-refractivity contribution in [3.8, 4) is 11.4 Å². The summed E-state index contributed by atoms with van der Waals surface area (Å²) in [5.41, 5.74) is 4.65. The molecule has 0 unspecified atom stereocenters. The summed E-state index contributed by atoms with van der Waals surface area (Å²) in [7, 11) is 1.95. The standard InChI is InChI=1S/C35H35FN4O4/c1-21(33(42)43)18-22-8-12-26(13-9-22)38-34(44)35(16-5-17-35)39-32(41)24-10-14-27-29(19-24)40(2)31(28-15-11-25(36)20-37-28)30(27)23-6-3-4-7-23/h8-15,18-20,23H,3-7,16-17H2,1-2H3,(H,38,44)(H,39,41)(H,42,43)/b21-18+. The second-order valence-electron chi connectivity index (χ2n) is 12.0. The number of halogens is 1. The lowest BCUT2D eigenvalue weighted by molar-refractivity contribution is -0.132. The van der Waals surface area contributed by atoms with Crippen LogP contribution in [0.25, 0.3) is 28.4 Å². The second-order valence-corrected chi connectivity index (χ2v) is 12.0. The maximum atomic E-state index is 13.7. The quantitative estimate of drug-likeness (QED) is 0.194. The smallest absolute Gasteiger partial charge is 0.331 e. The van der Waals surface area contributed by atoms with Crippen LogP contribution in [0.3, 0.4) is 0 Å². The topological polar surface area (TPSA) is 113 Å². The molecular weight excluding hydrogens is 559 g/mol. The van der Waals surface area contributed by atoms with Gasteiger partial charge in [0, 0.05) is 34.8 Å². The highest BCUT2D eigenvalue weighted by atomic mass is 19.1. The van der Waals surface area contributed by atoms with Gasteiger partial charge in [0.05, 0.1) is 17.6 Å². The number of carboxylic acid groups (broad SMARTS) is 1. The minimum absolute atomic E-state index is 0.213. The van der Waals surface area contributed by atoms with E-state index in [0.717, 1.165) is 48.7 Å². The van der Waals surface area contributed by atoms with Gasteiger partial charge < -0.3 is 20.3 Å². The third-order valence-corrected chi connectivity index (χ3v) is 9.12. The Labute approximate surface area is 255 Å². The SMILES string of the molecule is C/C(=C\c1ccc(NC(=O)C2(NC(=O)c3ccc4c(C5CCCC5)c(-c5ccc(F)cn5)n(C)c4c3)CCC2)cc1)C(=O)O. The van der Waals surface area contributed by atoms with Gasteiger partial charge in [0.15, 0.2) is 0 Å². The van der Waals surface area contributed by atoms with E-state index >= 15 is 0 Å². The van der Waals surface area contributed by atoms with Gasteiger partial charge in [-0.1, -0.05) is 31.0 Å². The number of anilines is 1. The number of carbonyl (C=O) groups excluding carboxylic acids is 2. The Morgan fingerprint density at radius 3 is 2.36 bits per heavy atom. The average molecular weight is 595 g/mol. The zero-order valence-corrected chi connectivity index (χ0v) is 24.8. The fraction of sp³-hybridized carbons (Fsp3) is 0.314. The second kappa shape index (κ2) is 11.7. The van der Waals surface area contributed by atoms with Gasteiger partial charge in [-0.15, -0.1) is 0 Å². The number of aromatic nitrogens is 2. The van der Waals surface area contributed by atoms with Crippen LogP contribution in [0.15, 0.2) is 66.4 Å². The molecule has 3 N–H and O–H groups in total. The molecule has 226 valence electrons. The largest absolute Gasteiger partial charge is 0.478 e. The lowest BCUT2D eigenvalue weighted by atomic mass is 9.75. The number of benzene rings is 2. The molecule has 0 radical (unpaired) electrons. The third kappa shape index (κ3) is 5.50. The van der Waals surface area contributed by atoms with Crippen molar-refractivity contribution >= 4 is 40.4 Å². The maximum Gasteiger partial charge on any atom is 0.331 e. The van der Waals surface area contributed by atoms with Gasteiger partial charge in [0.1, 0.15) is 11.4 Å². The van der Waals surface area contributed by atoms with E-state index in [2.05, 4.69) is 15.6 Å². The van der Waals surface area contributed by atoms with E-state index in [1.165, 1.54) is 24.8 Å². The molecular formula is C35H35FN4O4. The summed E-state index contributed by atoms with van der Waals surface area (Å²) < 4.78 is 15.8. The summed E-state index contributed by atoms with van der Waals surface area (Å²) >= 11 is 0. The van der Waals surface area contributed by atoms with Crippen molar-refractivity contribution in [1.29, 1.82) is 0 Å². The van der Waals surface area contributed by atoms with Crippen LogP contribution in [0.4, 0.5) is 10.1 Å². The minimum Gasteiger partial charge on any atom is -0.478 e. The van der Waals surface area contributed by atoms with Gasteiger partial charge in [0.2, 0.25) is 5.91 Å². The van der Waals surface area contributed by atoms with Crippen molar-refractivity contribution in [3.05, 3.63) is 88.9 Å². The van der Waals surface area contributed by atoms with E-state index in [1.54, 1.807) is 36.4 Å². The highest BCUT2D eigenvalue weighted by Crippen LogP contribution is 2.44. The fourth-order valence-corrected chi connectivity index (χ4v) is 6.51.